The summed E-state index contributed by atoms with van der Waals surface area (Å²) in [5, 5.41) is 5.47. The zero-order chi connectivity index (χ0) is 9.10. The van der Waals surface area contributed by atoms with E-state index in [0.29, 0.717) is 13.0 Å². The number of carbonyl (C=O) groups excluding carboxylic acids is 1. The molecule has 0 saturated heterocycles. The molecule has 0 fully saturated rings. The maximum Gasteiger partial charge on any atom is 0.248 e. The maximum absolute atomic E-state index is 11.2. The summed E-state index contributed by atoms with van der Waals surface area (Å²) in [6.07, 6.45) is 2.08. The van der Waals surface area contributed by atoms with Crippen LogP contribution in [-0.2, 0) is 11.3 Å². The molecule has 1 aromatic rings. The Morgan fingerprint density at radius 2 is 2.08 bits per heavy atom. The summed E-state index contributed by atoms with van der Waals surface area (Å²) >= 11 is 0. The van der Waals surface area contributed by atoms with Gasteiger partial charge in [0.05, 0.1) is 13.0 Å². The molecular weight excluding hydrogens is 164 g/mol. The molecular formula is C10H10N2O. The molecule has 2 rings (SSSR count). The van der Waals surface area contributed by atoms with Gasteiger partial charge < -0.3 is 0 Å². The second-order valence-corrected chi connectivity index (χ2v) is 2.94. The third-order valence-electron chi connectivity index (χ3n) is 1.95. The highest BCUT2D eigenvalue weighted by atomic mass is 16.2. The Kier molecular flexibility index (Phi) is 2.08. The van der Waals surface area contributed by atoms with Crippen molar-refractivity contribution in [2.75, 3.05) is 0 Å². The van der Waals surface area contributed by atoms with Crippen molar-refractivity contribution < 1.29 is 4.79 Å². The van der Waals surface area contributed by atoms with Crippen molar-refractivity contribution in [1.29, 1.82) is 0 Å². The molecule has 0 spiro atoms. The minimum absolute atomic E-state index is 0.0730. The number of hydrogen-bond acceptors (Lipinski definition) is 2. The second-order valence-electron chi connectivity index (χ2n) is 2.94. The van der Waals surface area contributed by atoms with Crippen molar-refractivity contribution >= 4 is 12.1 Å². The Labute approximate surface area is 76.7 Å². The molecule has 3 nitrogen and oxygen atoms in total. The Morgan fingerprint density at radius 1 is 1.31 bits per heavy atom. The molecule has 0 radical (unpaired) electrons. The quantitative estimate of drug-likeness (QED) is 0.667. The number of hydrazone groups is 1. The van der Waals surface area contributed by atoms with Crippen LogP contribution in [0.3, 0.4) is 0 Å². The van der Waals surface area contributed by atoms with Crippen molar-refractivity contribution in [3.63, 3.8) is 0 Å². The normalized spacial score (nSPS) is 15.4. The van der Waals surface area contributed by atoms with Crippen LogP contribution in [0, 0.1) is 0 Å². The molecule has 0 N–H and O–H groups in total. The van der Waals surface area contributed by atoms with Gasteiger partial charge >= 0.3 is 0 Å². The summed E-state index contributed by atoms with van der Waals surface area (Å²) in [6, 6.07) is 9.85. The van der Waals surface area contributed by atoms with E-state index >= 15 is 0 Å². The summed E-state index contributed by atoms with van der Waals surface area (Å²) in [7, 11) is 0. The first-order valence-corrected chi connectivity index (χ1v) is 4.23. The van der Waals surface area contributed by atoms with Crippen molar-refractivity contribution in [3.05, 3.63) is 35.9 Å². The van der Waals surface area contributed by atoms with Crippen LogP contribution in [0.2, 0.25) is 0 Å². The van der Waals surface area contributed by atoms with Crippen LogP contribution < -0.4 is 0 Å². The Bertz CT molecular complexity index is 332. The minimum atomic E-state index is 0.0730. The SMILES string of the molecule is O=C1CC=NN1Cc1ccccc1. The molecule has 0 bridgehead atoms. The number of hydrogen-bond donors (Lipinski definition) is 0. The summed E-state index contributed by atoms with van der Waals surface area (Å²) < 4.78 is 0. The van der Waals surface area contributed by atoms with E-state index in [2.05, 4.69) is 5.10 Å². The van der Waals surface area contributed by atoms with Crippen LogP contribution in [0.15, 0.2) is 35.4 Å². The Morgan fingerprint density at radius 3 is 2.69 bits per heavy atom. The molecule has 0 atom stereocenters. The standard InChI is InChI=1S/C10H10N2O/c13-10-6-7-11-12(10)8-9-4-2-1-3-5-9/h1-5,7H,6,8H2. The predicted octanol–water partition coefficient (Wildman–Crippen LogP) is 1.40. The maximum atomic E-state index is 11.2. The summed E-state index contributed by atoms with van der Waals surface area (Å²) in [6.45, 7) is 0.580. The topological polar surface area (TPSA) is 32.7 Å². The van der Waals surface area contributed by atoms with Gasteiger partial charge in [0.25, 0.3) is 0 Å². The molecule has 0 saturated carbocycles. The first-order valence-electron chi connectivity index (χ1n) is 4.23. The van der Waals surface area contributed by atoms with Crippen molar-refractivity contribution in [2.45, 2.75) is 13.0 Å². The Balaban J connectivity index is 2.06. The molecule has 1 aliphatic heterocycles. The average molecular weight is 174 g/mol. The molecule has 1 amide bonds. The van der Waals surface area contributed by atoms with E-state index < -0.39 is 0 Å². The van der Waals surface area contributed by atoms with E-state index in [0.717, 1.165) is 5.56 Å². The van der Waals surface area contributed by atoms with Crippen molar-refractivity contribution in [1.82, 2.24) is 5.01 Å². The first kappa shape index (κ1) is 7.98. The van der Waals surface area contributed by atoms with Crippen LogP contribution in [0.5, 0.6) is 0 Å². The largest absolute Gasteiger partial charge is 0.273 e. The lowest BCUT2D eigenvalue weighted by molar-refractivity contribution is -0.129. The summed E-state index contributed by atoms with van der Waals surface area (Å²) in [4.78, 5) is 11.2. The molecule has 0 aromatic heterocycles. The van der Waals surface area contributed by atoms with E-state index in [9.17, 15) is 4.79 Å². The lowest BCUT2D eigenvalue weighted by Crippen LogP contribution is -2.19. The number of carbonyl (C=O) groups is 1. The van der Waals surface area contributed by atoms with Gasteiger partial charge in [0.2, 0.25) is 5.91 Å². The number of amides is 1. The lowest BCUT2D eigenvalue weighted by atomic mass is 10.2. The fraction of sp³-hybridized carbons (Fsp3) is 0.200. The summed E-state index contributed by atoms with van der Waals surface area (Å²) in [5.74, 6) is 0.0730. The van der Waals surface area contributed by atoms with E-state index in [-0.39, 0.29) is 5.91 Å². The molecule has 13 heavy (non-hydrogen) atoms. The molecule has 0 aliphatic carbocycles. The van der Waals surface area contributed by atoms with E-state index in [1.807, 2.05) is 30.3 Å². The van der Waals surface area contributed by atoms with Crippen LogP contribution in [0.1, 0.15) is 12.0 Å². The number of benzene rings is 1. The van der Waals surface area contributed by atoms with Gasteiger partial charge in [0, 0.05) is 6.21 Å². The van der Waals surface area contributed by atoms with Crippen LogP contribution >= 0.6 is 0 Å². The van der Waals surface area contributed by atoms with Crippen molar-refractivity contribution in [2.24, 2.45) is 5.10 Å². The van der Waals surface area contributed by atoms with Gasteiger partial charge in [-0.25, -0.2) is 5.01 Å². The third-order valence-corrected chi connectivity index (χ3v) is 1.95. The van der Waals surface area contributed by atoms with Crippen molar-refractivity contribution in [3.8, 4) is 0 Å². The average Bonchev–Trinajstić information content (AvgIpc) is 2.54. The monoisotopic (exact) mass is 174 g/mol. The van der Waals surface area contributed by atoms with Gasteiger partial charge in [-0.15, -0.1) is 0 Å². The highest BCUT2D eigenvalue weighted by Gasteiger charge is 2.15. The Hall–Kier alpha value is -1.64. The van der Waals surface area contributed by atoms with E-state index in [4.69, 9.17) is 0 Å². The zero-order valence-electron chi connectivity index (χ0n) is 7.18. The second kappa shape index (κ2) is 3.39. The van der Waals surface area contributed by atoms with E-state index in [1.165, 1.54) is 5.01 Å². The fourth-order valence-electron chi connectivity index (χ4n) is 1.27. The minimum Gasteiger partial charge on any atom is -0.273 e. The highest BCUT2D eigenvalue weighted by Crippen LogP contribution is 2.09. The number of rotatable bonds is 2. The van der Waals surface area contributed by atoms with Gasteiger partial charge in [-0.1, -0.05) is 30.3 Å². The van der Waals surface area contributed by atoms with Crippen LogP contribution in [0.25, 0.3) is 0 Å². The number of nitrogens with zero attached hydrogens (tertiary/aromatic N) is 2. The van der Waals surface area contributed by atoms with Gasteiger partial charge in [0.15, 0.2) is 0 Å². The molecule has 0 unspecified atom stereocenters. The zero-order valence-corrected chi connectivity index (χ0v) is 7.18. The molecule has 3 heteroatoms. The van der Waals surface area contributed by atoms with Gasteiger partial charge in [0.1, 0.15) is 0 Å². The smallest absolute Gasteiger partial charge is 0.248 e. The third kappa shape index (κ3) is 1.75. The van der Waals surface area contributed by atoms with Gasteiger partial charge in [-0.05, 0) is 5.56 Å². The lowest BCUT2D eigenvalue weighted by Gasteiger charge is -2.10. The highest BCUT2D eigenvalue weighted by molar-refractivity contribution is 5.93. The van der Waals surface area contributed by atoms with Gasteiger partial charge in [-0.3, -0.25) is 4.79 Å². The van der Waals surface area contributed by atoms with Gasteiger partial charge in [-0.2, -0.15) is 5.10 Å². The van der Waals surface area contributed by atoms with Crippen LogP contribution in [-0.4, -0.2) is 17.1 Å². The van der Waals surface area contributed by atoms with E-state index in [1.54, 1.807) is 6.21 Å². The van der Waals surface area contributed by atoms with Crippen LogP contribution in [0.4, 0.5) is 0 Å². The molecule has 1 aliphatic rings. The fourth-order valence-corrected chi connectivity index (χ4v) is 1.27. The first-order chi connectivity index (χ1) is 6.36. The molecule has 1 aromatic carbocycles. The molecule has 1 heterocycles. The molecule has 66 valence electrons. The predicted molar refractivity (Wildman–Crippen MR) is 50.1 cm³/mol. The summed E-state index contributed by atoms with van der Waals surface area (Å²) in [5.41, 5.74) is 1.11.